The SMILES string of the molecule is NC1(c2n[nH]c(C3CC4(C3)CN(C(=O)N3CC5(CC(Cc6ccc(C(F)(F)F)cn6)C5)C3)C4)n2)CC1. The Bertz CT molecular complexity index is 1180. The first-order valence-corrected chi connectivity index (χ1v) is 12.8. The van der Waals surface area contributed by atoms with Gasteiger partial charge < -0.3 is 15.5 Å². The minimum atomic E-state index is -4.35. The number of H-pyrrole nitrogens is 1. The molecule has 192 valence electrons. The minimum Gasteiger partial charge on any atom is -0.323 e. The van der Waals surface area contributed by atoms with Crippen LogP contribution in [0.3, 0.4) is 0 Å². The molecule has 0 bridgehead atoms. The predicted molar refractivity (Wildman–Crippen MR) is 123 cm³/mol. The van der Waals surface area contributed by atoms with Crippen LogP contribution in [0.2, 0.25) is 0 Å². The number of carbonyl (C=O) groups excluding carboxylic acids is 1. The number of nitrogens with two attached hydrogens (primary N) is 1. The lowest BCUT2D eigenvalue weighted by Gasteiger charge is -2.63. The van der Waals surface area contributed by atoms with Crippen molar-refractivity contribution in [3.05, 3.63) is 41.2 Å². The second-order valence-corrected chi connectivity index (χ2v) is 12.3. The number of likely N-dealkylation sites (tertiary alicyclic amines) is 2. The van der Waals surface area contributed by atoms with E-state index in [1.54, 1.807) is 0 Å². The lowest BCUT2D eigenvalue weighted by Crippen LogP contribution is -2.71. The quantitative estimate of drug-likeness (QED) is 0.668. The number of nitrogens with one attached hydrogen (secondary N) is 1. The van der Waals surface area contributed by atoms with Crippen LogP contribution in [0.1, 0.15) is 67.3 Å². The van der Waals surface area contributed by atoms with Crippen LogP contribution in [-0.2, 0) is 18.1 Å². The van der Waals surface area contributed by atoms with Crippen molar-refractivity contribution in [3.8, 4) is 0 Å². The van der Waals surface area contributed by atoms with Gasteiger partial charge in [0.1, 0.15) is 5.82 Å². The van der Waals surface area contributed by atoms with Crippen LogP contribution in [0.5, 0.6) is 0 Å². The molecule has 5 aliphatic rings. The van der Waals surface area contributed by atoms with Crippen molar-refractivity contribution in [2.75, 3.05) is 26.2 Å². The molecule has 3 N–H and O–H groups in total. The molecular formula is C25H30F3N7O. The van der Waals surface area contributed by atoms with E-state index in [4.69, 9.17) is 5.73 Å². The number of hydrogen-bond donors (Lipinski definition) is 2. The normalized spacial score (nSPS) is 25.8. The summed E-state index contributed by atoms with van der Waals surface area (Å²) in [6.45, 7) is 3.21. The van der Waals surface area contributed by atoms with Crippen molar-refractivity contribution >= 4 is 6.03 Å². The van der Waals surface area contributed by atoms with E-state index in [2.05, 4.69) is 20.2 Å². The third-order valence-electron chi connectivity index (χ3n) is 9.22. The summed E-state index contributed by atoms with van der Waals surface area (Å²) in [6.07, 6.45) is 3.25. The topological polar surface area (TPSA) is 104 Å². The Labute approximate surface area is 206 Å². The Kier molecular flexibility index (Phi) is 4.50. The Morgan fingerprint density at radius 3 is 2.25 bits per heavy atom. The van der Waals surface area contributed by atoms with E-state index >= 15 is 0 Å². The van der Waals surface area contributed by atoms with Gasteiger partial charge in [-0.2, -0.15) is 18.3 Å². The zero-order valence-electron chi connectivity index (χ0n) is 20.0. The number of carbonyl (C=O) groups is 1. The summed E-state index contributed by atoms with van der Waals surface area (Å²) >= 11 is 0. The molecule has 7 rings (SSSR count). The first-order valence-electron chi connectivity index (χ1n) is 12.8. The van der Waals surface area contributed by atoms with Crippen molar-refractivity contribution in [2.45, 2.75) is 62.6 Å². The van der Waals surface area contributed by atoms with Gasteiger partial charge in [0.2, 0.25) is 0 Å². The first-order chi connectivity index (χ1) is 17.0. The lowest BCUT2D eigenvalue weighted by atomic mass is 9.56. The standard InChI is InChI=1S/C25H30F3N7O/c26-25(27,28)17-1-2-18(30-10-17)5-15-6-22(7-15)11-34(12-22)21(36)35-13-23(14-35)8-16(9-23)19-31-20(33-32-19)24(29)3-4-24/h1-2,10,15-16H,3-9,11-14,29H2,(H,31,32,33). The van der Waals surface area contributed by atoms with E-state index in [1.165, 1.54) is 6.07 Å². The van der Waals surface area contributed by atoms with E-state index in [9.17, 15) is 18.0 Å². The highest BCUT2D eigenvalue weighted by Crippen LogP contribution is 2.57. The zero-order valence-corrected chi connectivity index (χ0v) is 20.0. The van der Waals surface area contributed by atoms with Crippen molar-refractivity contribution in [1.29, 1.82) is 0 Å². The number of amides is 2. The molecule has 3 saturated carbocycles. The molecule has 0 aromatic carbocycles. The van der Waals surface area contributed by atoms with E-state index < -0.39 is 11.7 Å². The van der Waals surface area contributed by atoms with Crippen LogP contribution in [0, 0.1) is 16.7 Å². The van der Waals surface area contributed by atoms with Crippen molar-refractivity contribution in [2.24, 2.45) is 22.5 Å². The average molecular weight is 502 g/mol. The van der Waals surface area contributed by atoms with Gasteiger partial charge in [0.25, 0.3) is 0 Å². The maximum absolute atomic E-state index is 12.9. The molecule has 2 spiro atoms. The number of aromatic amines is 1. The van der Waals surface area contributed by atoms with E-state index in [1.807, 2.05) is 9.80 Å². The number of halogens is 3. The zero-order chi connectivity index (χ0) is 24.9. The molecule has 2 aromatic heterocycles. The van der Waals surface area contributed by atoms with Crippen molar-refractivity contribution in [1.82, 2.24) is 30.0 Å². The minimum absolute atomic E-state index is 0.142. The second kappa shape index (κ2) is 7.20. The molecule has 0 atom stereocenters. The summed E-state index contributed by atoms with van der Waals surface area (Å²) in [7, 11) is 0. The van der Waals surface area contributed by atoms with Gasteiger partial charge in [-0.25, -0.2) is 9.78 Å². The molecule has 3 aliphatic carbocycles. The molecular weight excluding hydrogens is 471 g/mol. The van der Waals surface area contributed by atoms with Crippen LogP contribution in [0.15, 0.2) is 18.3 Å². The molecule has 11 heteroatoms. The third kappa shape index (κ3) is 3.61. The highest BCUT2D eigenvalue weighted by atomic mass is 19.4. The molecule has 8 nitrogen and oxygen atoms in total. The Hall–Kier alpha value is -2.69. The van der Waals surface area contributed by atoms with Crippen molar-refractivity contribution < 1.29 is 18.0 Å². The van der Waals surface area contributed by atoms with E-state index in [0.717, 1.165) is 88.6 Å². The summed E-state index contributed by atoms with van der Waals surface area (Å²) in [5, 5.41) is 7.40. The maximum Gasteiger partial charge on any atom is 0.417 e. The number of rotatable bonds is 4. The fraction of sp³-hybridized carbons (Fsp3) is 0.680. The Morgan fingerprint density at radius 2 is 1.69 bits per heavy atom. The fourth-order valence-electron chi connectivity index (χ4n) is 7.05. The molecule has 2 aromatic rings. The molecule has 5 fully saturated rings. The van der Waals surface area contributed by atoms with Crippen LogP contribution in [-0.4, -0.2) is 62.2 Å². The fourth-order valence-corrected chi connectivity index (χ4v) is 7.05. The summed E-state index contributed by atoms with van der Waals surface area (Å²) < 4.78 is 38.1. The molecule has 0 radical (unpaired) electrons. The number of hydrogen-bond acceptors (Lipinski definition) is 5. The molecule has 36 heavy (non-hydrogen) atoms. The number of nitrogens with zero attached hydrogens (tertiary/aromatic N) is 5. The summed E-state index contributed by atoms with van der Waals surface area (Å²) in [6, 6.07) is 2.73. The lowest BCUT2D eigenvalue weighted by molar-refractivity contribution is -0.137. The average Bonchev–Trinajstić information content (AvgIpc) is 3.27. The van der Waals surface area contributed by atoms with Gasteiger partial charge in [-0.15, -0.1) is 0 Å². The van der Waals surface area contributed by atoms with Crippen LogP contribution in [0.25, 0.3) is 0 Å². The van der Waals surface area contributed by atoms with Crippen LogP contribution < -0.4 is 5.73 Å². The summed E-state index contributed by atoms with van der Waals surface area (Å²) in [5.41, 5.74) is 6.30. The highest BCUT2D eigenvalue weighted by Gasteiger charge is 2.59. The van der Waals surface area contributed by atoms with Gasteiger partial charge in [-0.05, 0) is 63.0 Å². The summed E-state index contributed by atoms with van der Waals surface area (Å²) in [4.78, 5) is 25.5. The smallest absolute Gasteiger partial charge is 0.323 e. The number of pyridine rings is 1. The second-order valence-electron chi connectivity index (χ2n) is 12.3. The number of aromatic nitrogens is 4. The number of urea groups is 1. The van der Waals surface area contributed by atoms with Gasteiger partial charge in [-0.1, -0.05) is 0 Å². The monoisotopic (exact) mass is 501 g/mol. The molecule has 4 heterocycles. The van der Waals surface area contributed by atoms with Crippen LogP contribution in [0.4, 0.5) is 18.0 Å². The van der Waals surface area contributed by atoms with Gasteiger partial charge in [0.15, 0.2) is 5.82 Å². The molecule has 2 aliphatic heterocycles. The third-order valence-corrected chi connectivity index (χ3v) is 9.22. The van der Waals surface area contributed by atoms with Gasteiger partial charge in [-0.3, -0.25) is 10.1 Å². The van der Waals surface area contributed by atoms with Gasteiger partial charge >= 0.3 is 12.2 Å². The molecule has 0 unspecified atom stereocenters. The highest BCUT2D eigenvalue weighted by molar-refractivity contribution is 5.77. The Morgan fingerprint density at radius 1 is 1.06 bits per heavy atom. The van der Waals surface area contributed by atoms with Crippen LogP contribution >= 0.6 is 0 Å². The van der Waals surface area contributed by atoms with Gasteiger partial charge in [0, 0.05) is 54.8 Å². The largest absolute Gasteiger partial charge is 0.417 e. The number of alkyl halides is 3. The van der Waals surface area contributed by atoms with Crippen molar-refractivity contribution in [3.63, 3.8) is 0 Å². The Balaban J connectivity index is 0.840. The predicted octanol–water partition coefficient (Wildman–Crippen LogP) is 3.42. The molecule has 2 amide bonds. The summed E-state index contributed by atoms with van der Waals surface area (Å²) in [5.74, 6) is 2.48. The van der Waals surface area contributed by atoms with E-state index in [-0.39, 0.29) is 22.4 Å². The van der Waals surface area contributed by atoms with E-state index in [0.29, 0.717) is 24.0 Å². The molecule has 2 saturated heterocycles. The first kappa shape index (κ1) is 22.5. The maximum atomic E-state index is 12.9. The van der Waals surface area contributed by atoms with Gasteiger partial charge in [0.05, 0.1) is 11.1 Å².